The van der Waals surface area contributed by atoms with Crippen LogP contribution >= 0.6 is 0 Å². The van der Waals surface area contributed by atoms with E-state index >= 15 is 0 Å². The number of alkyl halides is 3. The molecular formula is C18H18F3NO. The molecule has 1 amide bonds. The first kappa shape index (κ1) is 17.1. The fourth-order valence-electron chi connectivity index (χ4n) is 2.37. The number of nitrogens with one attached hydrogen (secondary N) is 1. The molecule has 0 bridgehead atoms. The van der Waals surface area contributed by atoms with Crippen LogP contribution in [0.2, 0.25) is 0 Å². The summed E-state index contributed by atoms with van der Waals surface area (Å²) in [6, 6.07) is 15.3. The van der Waals surface area contributed by atoms with Crippen LogP contribution in [-0.2, 0) is 17.8 Å². The highest BCUT2D eigenvalue weighted by molar-refractivity contribution is 5.81. The molecule has 2 nitrogen and oxygen atoms in total. The smallest absolute Gasteiger partial charge is 0.344 e. The van der Waals surface area contributed by atoms with E-state index in [1.54, 1.807) is 12.1 Å². The van der Waals surface area contributed by atoms with Crippen molar-refractivity contribution in [3.63, 3.8) is 0 Å². The van der Waals surface area contributed by atoms with Crippen LogP contribution < -0.4 is 5.32 Å². The van der Waals surface area contributed by atoms with E-state index < -0.39 is 12.1 Å². The minimum absolute atomic E-state index is 0.144. The number of hydrogen-bond donors (Lipinski definition) is 1. The molecule has 0 spiro atoms. The number of carbonyl (C=O) groups excluding carboxylic acids is 1. The van der Waals surface area contributed by atoms with Crippen LogP contribution in [-0.4, -0.2) is 12.1 Å². The first-order valence-corrected chi connectivity index (χ1v) is 7.44. The summed E-state index contributed by atoms with van der Waals surface area (Å²) >= 11 is 0. The first-order chi connectivity index (χ1) is 10.9. The summed E-state index contributed by atoms with van der Waals surface area (Å²) in [6.07, 6.45) is -2.84. The lowest BCUT2D eigenvalue weighted by atomic mass is 9.96. The molecule has 0 fully saturated rings. The largest absolute Gasteiger partial charge is 0.471 e. The molecular weight excluding hydrogens is 303 g/mol. The Balaban J connectivity index is 2.10. The Kier molecular flexibility index (Phi) is 5.42. The second-order valence-corrected chi connectivity index (χ2v) is 5.28. The van der Waals surface area contributed by atoms with Gasteiger partial charge in [-0.25, -0.2) is 0 Å². The van der Waals surface area contributed by atoms with Crippen molar-refractivity contribution in [3.8, 4) is 11.1 Å². The molecule has 0 heterocycles. The predicted octanol–water partition coefficient (Wildman–Crippen LogP) is 4.48. The minimum Gasteiger partial charge on any atom is -0.344 e. The van der Waals surface area contributed by atoms with E-state index in [0.717, 1.165) is 24.0 Å². The maximum atomic E-state index is 12.1. The van der Waals surface area contributed by atoms with Gasteiger partial charge in [0, 0.05) is 6.54 Å². The zero-order valence-corrected chi connectivity index (χ0v) is 12.8. The van der Waals surface area contributed by atoms with Crippen molar-refractivity contribution < 1.29 is 18.0 Å². The van der Waals surface area contributed by atoms with Gasteiger partial charge in [-0.3, -0.25) is 4.79 Å². The molecule has 0 atom stereocenters. The van der Waals surface area contributed by atoms with Gasteiger partial charge in [-0.1, -0.05) is 61.9 Å². The number of rotatable bonds is 5. The van der Waals surface area contributed by atoms with Crippen LogP contribution in [0.15, 0.2) is 48.5 Å². The van der Waals surface area contributed by atoms with Crippen LogP contribution in [0.1, 0.15) is 24.5 Å². The van der Waals surface area contributed by atoms with Gasteiger partial charge in [0.15, 0.2) is 0 Å². The Bertz CT molecular complexity index is 663. The molecule has 2 rings (SSSR count). The van der Waals surface area contributed by atoms with Crippen molar-refractivity contribution in [1.82, 2.24) is 5.32 Å². The molecule has 122 valence electrons. The second-order valence-electron chi connectivity index (χ2n) is 5.28. The van der Waals surface area contributed by atoms with E-state index in [-0.39, 0.29) is 6.54 Å². The van der Waals surface area contributed by atoms with Crippen molar-refractivity contribution >= 4 is 5.91 Å². The highest BCUT2D eigenvalue weighted by atomic mass is 19.4. The van der Waals surface area contributed by atoms with Gasteiger partial charge in [0.2, 0.25) is 0 Å². The Morgan fingerprint density at radius 3 is 2.30 bits per heavy atom. The number of amides is 1. The normalized spacial score (nSPS) is 11.3. The van der Waals surface area contributed by atoms with Gasteiger partial charge in [0.1, 0.15) is 0 Å². The van der Waals surface area contributed by atoms with Crippen LogP contribution in [0.3, 0.4) is 0 Å². The third-order valence-electron chi connectivity index (χ3n) is 3.51. The zero-order chi connectivity index (χ0) is 16.9. The highest BCUT2D eigenvalue weighted by Gasteiger charge is 2.38. The lowest BCUT2D eigenvalue weighted by Crippen LogP contribution is -2.36. The van der Waals surface area contributed by atoms with Gasteiger partial charge in [-0.05, 0) is 28.7 Å². The van der Waals surface area contributed by atoms with Crippen molar-refractivity contribution in [3.05, 3.63) is 59.7 Å². The van der Waals surface area contributed by atoms with Crippen molar-refractivity contribution in [2.24, 2.45) is 0 Å². The Hall–Kier alpha value is -2.30. The average molecular weight is 321 g/mol. The van der Waals surface area contributed by atoms with E-state index in [2.05, 4.69) is 13.0 Å². The molecule has 0 radical (unpaired) electrons. The summed E-state index contributed by atoms with van der Waals surface area (Å²) in [6.45, 7) is 1.97. The zero-order valence-electron chi connectivity index (χ0n) is 12.8. The quantitative estimate of drug-likeness (QED) is 0.864. The Morgan fingerprint density at radius 1 is 1.04 bits per heavy atom. The van der Waals surface area contributed by atoms with Gasteiger partial charge in [-0.2, -0.15) is 13.2 Å². The predicted molar refractivity (Wildman–Crippen MR) is 83.8 cm³/mol. The van der Waals surface area contributed by atoms with Crippen molar-refractivity contribution in [2.45, 2.75) is 32.5 Å². The lowest BCUT2D eigenvalue weighted by Gasteiger charge is -2.11. The lowest BCUT2D eigenvalue weighted by molar-refractivity contribution is -0.173. The third-order valence-corrected chi connectivity index (χ3v) is 3.51. The molecule has 0 aliphatic heterocycles. The number of carbonyl (C=O) groups is 1. The molecule has 2 aromatic rings. The summed E-state index contributed by atoms with van der Waals surface area (Å²) in [5, 5.41) is 1.87. The molecule has 0 aliphatic carbocycles. The van der Waals surface area contributed by atoms with Crippen LogP contribution in [0.25, 0.3) is 11.1 Å². The van der Waals surface area contributed by atoms with Gasteiger partial charge < -0.3 is 5.32 Å². The number of benzene rings is 2. The second kappa shape index (κ2) is 7.31. The van der Waals surface area contributed by atoms with Gasteiger partial charge in [0.05, 0.1) is 0 Å². The third kappa shape index (κ3) is 4.58. The highest BCUT2D eigenvalue weighted by Crippen LogP contribution is 2.25. The van der Waals surface area contributed by atoms with Crippen LogP contribution in [0.4, 0.5) is 13.2 Å². The molecule has 2 aromatic carbocycles. The van der Waals surface area contributed by atoms with Crippen molar-refractivity contribution in [1.29, 1.82) is 0 Å². The fourth-order valence-corrected chi connectivity index (χ4v) is 2.37. The summed E-state index contributed by atoms with van der Waals surface area (Å²) in [7, 11) is 0. The molecule has 5 heteroatoms. The van der Waals surface area contributed by atoms with E-state index in [1.807, 2.05) is 35.6 Å². The molecule has 0 aliphatic rings. The van der Waals surface area contributed by atoms with Crippen LogP contribution in [0.5, 0.6) is 0 Å². The average Bonchev–Trinajstić information content (AvgIpc) is 2.53. The van der Waals surface area contributed by atoms with E-state index in [9.17, 15) is 18.0 Å². The fraction of sp³-hybridized carbons (Fsp3) is 0.278. The molecule has 1 N–H and O–H groups in total. The molecule has 0 saturated heterocycles. The monoisotopic (exact) mass is 321 g/mol. The summed E-state index contributed by atoms with van der Waals surface area (Å²) in [4.78, 5) is 10.8. The number of aryl methyl sites for hydroxylation is 1. The Labute approximate surface area is 133 Å². The first-order valence-electron chi connectivity index (χ1n) is 7.44. The minimum atomic E-state index is -4.85. The van der Waals surface area contributed by atoms with Crippen LogP contribution in [0, 0.1) is 0 Å². The SMILES string of the molecule is CCCc1ccccc1-c1ccc(CNC(=O)C(F)(F)F)cc1. The molecule has 0 aromatic heterocycles. The number of hydrogen-bond acceptors (Lipinski definition) is 1. The molecule has 0 saturated carbocycles. The van der Waals surface area contributed by atoms with Gasteiger partial charge in [-0.15, -0.1) is 0 Å². The van der Waals surface area contributed by atoms with E-state index in [4.69, 9.17) is 0 Å². The Morgan fingerprint density at radius 2 is 1.70 bits per heavy atom. The van der Waals surface area contributed by atoms with Gasteiger partial charge in [0.25, 0.3) is 0 Å². The topological polar surface area (TPSA) is 29.1 Å². The molecule has 23 heavy (non-hydrogen) atoms. The summed E-state index contributed by atoms with van der Waals surface area (Å²) in [5.41, 5.74) is 4.01. The molecule has 0 unspecified atom stereocenters. The van der Waals surface area contributed by atoms with Crippen molar-refractivity contribution in [2.75, 3.05) is 0 Å². The maximum absolute atomic E-state index is 12.1. The summed E-state index contributed by atoms with van der Waals surface area (Å²) < 4.78 is 36.4. The van der Waals surface area contributed by atoms with E-state index in [0.29, 0.717) is 5.56 Å². The van der Waals surface area contributed by atoms with Gasteiger partial charge >= 0.3 is 12.1 Å². The maximum Gasteiger partial charge on any atom is 0.471 e. The standard InChI is InChI=1S/C18H18F3NO/c1-2-5-14-6-3-4-7-16(14)15-10-8-13(9-11-15)12-22-17(23)18(19,20)21/h3-4,6-11H,2,5,12H2,1H3,(H,22,23). The van der Waals surface area contributed by atoms with E-state index in [1.165, 1.54) is 5.56 Å². The number of halogens is 3. The summed E-state index contributed by atoms with van der Waals surface area (Å²) in [5.74, 6) is -1.92.